The molecule has 0 unspecified atom stereocenters. The van der Waals surface area contributed by atoms with Crippen LogP contribution in [0.3, 0.4) is 0 Å². The van der Waals surface area contributed by atoms with Crippen molar-refractivity contribution in [1.29, 1.82) is 0 Å². The zero-order chi connectivity index (χ0) is 31.1. The number of piperidine rings is 1. The number of aryl methyl sites for hydroxylation is 1. The molecule has 3 aromatic carbocycles. The fourth-order valence-corrected chi connectivity index (χ4v) is 7.75. The van der Waals surface area contributed by atoms with Crippen molar-refractivity contribution in [3.63, 3.8) is 0 Å². The molecule has 10 heteroatoms. The first-order chi connectivity index (χ1) is 21.3. The molecule has 0 bridgehead atoms. The van der Waals surface area contributed by atoms with Gasteiger partial charge in [-0.15, -0.1) is 0 Å². The van der Waals surface area contributed by atoms with Gasteiger partial charge in [-0.1, -0.05) is 48.0 Å². The third-order valence-corrected chi connectivity index (χ3v) is 10.5. The number of anilines is 1. The van der Waals surface area contributed by atoms with Gasteiger partial charge in [-0.05, 0) is 60.7 Å². The Labute approximate surface area is 261 Å². The fourth-order valence-electron chi connectivity index (χ4n) is 6.11. The number of nitrogens with zero attached hydrogens (tertiary/aromatic N) is 2. The van der Waals surface area contributed by atoms with Crippen molar-refractivity contribution in [3.8, 4) is 5.75 Å². The number of hydrogen-bond acceptors (Lipinski definition) is 8. The molecule has 1 saturated heterocycles. The smallest absolute Gasteiger partial charge is 0.243 e. The molecule has 2 aliphatic rings. The van der Waals surface area contributed by atoms with Gasteiger partial charge in [0, 0.05) is 45.9 Å². The van der Waals surface area contributed by atoms with Crippen LogP contribution >= 0.6 is 0 Å². The predicted molar refractivity (Wildman–Crippen MR) is 170 cm³/mol. The van der Waals surface area contributed by atoms with E-state index in [0.717, 1.165) is 53.2 Å². The van der Waals surface area contributed by atoms with Crippen LogP contribution in [0.4, 0.5) is 5.69 Å². The lowest BCUT2D eigenvalue weighted by atomic mass is 9.84. The summed E-state index contributed by atoms with van der Waals surface area (Å²) < 4.78 is 52.2. The van der Waals surface area contributed by atoms with Crippen LogP contribution in [0.1, 0.15) is 41.0 Å². The number of hydrogen-bond donors (Lipinski definition) is 1. The maximum atomic E-state index is 13.9. The summed E-state index contributed by atoms with van der Waals surface area (Å²) in [4.78, 5) is 2.53. The van der Waals surface area contributed by atoms with Crippen molar-refractivity contribution in [2.75, 3.05) is 58.6 Å². The van der Waals surface area contributed by atoms with Gasteiger partial charge < -0.3 is 29.0 Å². The number of sulfonamides is 1. The quantitative estimate of drug-likeness (QED) is 0.278. The van der Waals surface area contributed by atoms with Gasteiger partial charge in [0.25, 0.3) is 0 Å². The Bertz CT molecular complexity index is 1460. The van der Waals surface area contributed by atoms with Gasteiger partial charge in [-0.25, -0.2) is 8.42 Å². The van der Waals surface area contributed by atoms with Gasteiger partial charge in [-0.2, -0.15) is 4.31 Å². The van der Waals surface area contributed by atoms with Crippen molar-refractivity contribution < 1.29 is 32.5 Å². The highest BCUT2D eigenvalue weighted by Gasteiger charge is 2.42. The summed E-state index contributed by atoms with van der Waals surface area (Å²) in [6.07, 6.45) is 0.915. The first-order valence-electron chi connectivity index (χ1n) is 15.2. The van der Waals surface area contributed by atoms with Crippen molar-refractivity contribution in [3.05, 3.63) is 89.0 Å². The van der Waals surface area contributed by atoms with Gasteiger partial charge >= 0.3 is 0 Å². The van der Waals surface area contributed by atoms with Crippen LogP contribution in [0.5, 0.6) is 5.75 Å². The second-order valence-electron chi connectivity index (χ2n) is 11.6. The van der Waals surface area contributed by atoms with E-state index in [1.54, 1.807) is 38.5 Å². The zero-order valence-corrected chi connectivity index (χ0v) is 26.7. The molecule has 0 amide bonds. The number of rotatable bonds is 13. The van der Waals surface area contributed by atoms with E-state index in [2.05, 4.69) is 23.1 Å². The average Bonchev–Trinajstić information content (AvgIpc) is 3.04. The maximum absolute atomic E-state index is 13.9. The van der Waals surface area contributed by atoms with Crippen LogP contribution in [0.2, 0.25) is 0 Å². The Hall–Kier alpha value is -2.99. The summed E-state index contributed by atoms with van der Waals surface area (Å²) in [6, 6.07) is 20.5. The second kappa shape index (κ2) is 14.9. The minimum atomic E-state index is -3.86. The fraction of sp³-hybridized carbons (Fsp3) is 0.471. The molecule has 5 rings (SSSR count). The Balaban J connectivity index is 1.41. The molecule has 0 aliphatic carbocycles. The van der Waals surface area contributed by atoms with Gasteiger partial charge in [-0.3, -0.25) is 0 Å². The Morgan fingerprint density at radius 2 is 1.70 bits per heavy atom. The molecule has 1 N–H and O–H groups in total. The molecule has 0 spiro atoms. The van der Waals surface area contributed by atoms with E-state index in [1.807, 2.05) is 31.2 Å². The minimum Gasteiger partial charge on any atom is -0.490 e. The standard InChI is InChI=1S/C34H44N2O7S/c1-25-5-12-30(13-6-25)44(38,39)36-21-34(31(20-29(36)22-37)28-10-7-26(8-11-28)23-41-3)43-24-27-9-14-33-32(19-27)35(16-18-42-33)15-4-17-40-2/h5-14,19,29,31,34,37H,4,15-18,20-24H2,1-3H3/t29-,31+,34-/m0/s1. The molecule has 3 atom stereocenters. The summed E-state index contributed by atoms with van der Waals surface area (Å²) in [5.74, 6) is 0.741. The molecule has 0 radical (unpaired) electrons. The Morgan fingerprint density at radius 3 is 2.41 bits per heavy atom. The molecule has 238 valence electrons. The van der Waals surface area contributed by atoms with Crippen LogP contribution in [0.25, 0.3) is 0 Å². The van der Waals surface area contributed by atoms with Crippen LogP contribution in [-0.2, 0) is 37.4 Å². The first-order valence-corrected chi connectivity index (χ1v) is 16.7. The molecule has 0 saturated carbocycles. The number of aliphatic hydroxyl groups excluding tert-OH is 1. The number of fused-ring (bicyclic) bond motifs is 1. The van der Waals surface area contributed by atoms with Gasteiger partial charge in [0.2, 0.25) is 10.0 Å². The molecular weight excluding hydrogens is 580 g/mol. The second-order valence-corrected chi connectivity index (χ2v) is 13.5. The van der Waals surface area contributed by atoms with Gasteiger partial charge in [0.05, 0.1) is 43.1 Å². The van der Waals surface area contributed by atoms with Crippen molar-refractivity contribution in [2.45, 2.75) is 55.9 Å². The van der Waals surface area contributed by atoms with Gasteiger partial charge in [0.15, 0.2) is 0 Å². The highest BCUT2D eigenvalue weighted by Crippen LogP contribution is 2.38. The lowest BCUT2D eigenvalue weighted by molar-refractivity contribution is -0.0268. The van der Waals surface area contributed by atoms with Gasteiger partial charge in [0.1, 0.15) is 12.4 Å². The molecule has 1 fully saturated rings. The molecule has 0 aromatic heterocycles. The maximum Gasteiger partial charge on any atom is 0.243 e. The highest BCUT2D eigenvalue weighted by molar-refractivity contribution is 7.89. The highest BCUT2D eigenvalue weighted by atomic mass is 32.2. The van der Waals surface area contributed by atoms with E-state index in [9.17, 15) is 13.5 Å². The normalized spacial score (nSPS) is 20.7. The molecule has 9 nitrogen and oxygen atoms in total. The van der Waals surface area contributed by atoms with E-state index in [1.165, 1.54) is 4.31 Å². The summed E-state index contributed by atoms with van der Waals surface area (Å²) >= 11 is 0. The van der Waals surface area contributed by atoms with Crippen molar-refractivity contribution in [2.24, 2.45) is 0 Å². The van der Waals surface area contributed by atoms with E-state index >= 15 is 0 Å². The summed E-state index contributed by atoms with van der Waals surface area (Å²) in [5, 5.41) is 10.4. The molecule has 3 aromatic rings. The third kappa shape index (κ3) is 7.44. The SMILES string of the molecule is COCCCN1CCOc2ccc(CO[C@H]3CN(S(=O)(=O)c4ccc(C)cc4)[C@H](CO)C[C@@H]3c3ccc(COC)cc3)cc21. The molecular formula is C34H44N2O7S. The van der Waals surface area contributed by atoms with Crippen molar-refractivity contribution >= 4 is 15.7 Å². The van der Waals surface area contributed by atoms with E-state index in [-0.39, 0.29) is 24.0 Å². The number of methoxy groups -OCH3 is 2. The Morgan fingerprint density at radius 1 is 0.955 bits per heavy atom. The van der Waals surface area contributed by atoms with Crippen LogP contribution in [0, 0.1) is 6.92 Å². The van der Waals surface area contributed by atoms with Crippen molar-refractivity contribution in [1.82, 2.24) is 4.31 Å². The predicted octanol–water partition coefficient (Wildman–Crippen LogP) is 4.50. The summed E-state index contributed by atoms with van der Waals surface area (Å²) in [5.41, 5.74) is 5.10. The molecule has 2 aliphatic heterocycles. The number of ether oxygens (including phenoxy) is 4. The third-order valence-electron chi connectivity index (χ3n) is 8.52. The monoisotopic (exact) mass is 624 g/mol. The largest absolute Gasteiger partial charge is 0.490 e. The summed E-state index contributed by atoms with van der Waals surface area (Å²) in [6.45, 7) is 5.60. The van der Waals surface area contributed by atoms with Crippen LogP contribution in [0.15, 0.2) is 71.6 Å². The van der Waals surface area contributed by atoms with E-state index in [0.29, 0.717) is 32.8 Å². The summed E-state index contributed by atoms with van der Waals surface area (Å²) in [7, 11) is -0.483. The molecule has 2 heterocycles. The topological polar surface area (TPSA) is 97.8 Å². The average molecular weight is 625 g/mol. The van der Waals surface area contributed by atoms with E-state index in [4.69, 9.17) is 18.9 Å². The molecule has 44 heavy (non-hydrogen) atoms. The van der Waals surface area contributed by atoms with E-state index < -0.39 is 22.2 Å². The zero-order valence-electron chi connectivity index (χ0n) is 25.9. The lowest BCUT2D eigenvalue weighted by Gasteiger charge is -2.42. The van der Waals surface area contributed by atoms with Crippen LogP contribution < -0.4 is 9.64 Å². The number of aliphatic hydroxyl groups is 1. The lowest BCUT2D eigenvalue weighted by Crippen LogP contribution is -2.53. The minimum absolute atomic E-state index is 0.111. The van der Waals surface area contributed by atoms with Crippen LogP contribution in [-0.4, -0.2) is 83.6 Å². The number of benzene rings is 3. The Kier molecular flexibility index (Phi) is 10.9. The first kappa shape index (κ1) is 32.4.